The van der Waals surface area contributed by atoms with Crippen LogP contribution in [-0.2, 0) is 0 Å². The molecule has 114 valence electrons. The fraction of sp³-hybridized carbons (Fsp3) is 0.625. The minimum absolute atomic E-state index is 0.190. The van der Waals surface area contributed by atoms with Crippen LogP contribution < -0.4 is 5.32 Å². The maximum Gasteiger partial charge on any atom is 0.274 e. The predicted octanol–water partition coefficient (Wildman–Crippen LogP) is 5.05. The molecule has 2 unspecified atom stereocenters. The minimum Gasteiger partial charge on any atom is -0.381 e. The molecule has 1 aromatic carbocycles. The summed E-state index contributed by atoms with van der Waals surface area (Å²) in [6.45, 7) is 1.77. The van der Waals surface area contributed by atoms with Crippen molar-refractivity contribution >= 4 is 27.3 Å². The van der Waals surface area contributed by atoms with E-state index in [4.69, 9.17) is 0 Å². The number of nitrogens with zero attached hydrogens (tertiary/aromatic N) is 1. The highest BCUT2D eigenvalue weighted by Crippen LogP contribution is 2.44. The summed E-state index contributed by atoms with van der Waals surface area (Å²) in [6, 6.07) is 3.95. The Morgan fingerprint density at radius 3 is 2.67 bits per heavy atom. The fourth-order valence-corrected chi connectivity index (χ4v) is 4.12. The quantitative estimate of drug-likeness (QED) is 0.609. The van der Waals surface area contributed by atoms with Crippen LogP contribution in [0.25, 0.3) is 0 Å². The normalized spacial score (nSPS) is 25.6. The summed E-state index contributed by atoms with van der Waals surface area (Å²) in [5.41, 5.74) is 1.74. The third kappa shape index (κ3) is 3.39. The minimum atomic E-state index is -0.305. The molecule has 0 saturated heterocycles. The second kappa shape index (κ2) is 5.95. The molecule has 1 N–H and O–H groups in total. The van der Waals surface area contributed by atoms with Gasteiger partial charge in [0.15, 0.2) is 0 Å². The van der Waals surface area contributed by atoms with Crippen LogP contribution >= 0.6 is 15.9 Å². The van der Waals surface area contributed by atoms with Gasteiger partial charge in [-0.05, 0) is 66.4 Å². The monoisotopic (exact) mass is 352 g/mol. The summed E-state index contributed by atoms with van der Waals surface area (Å²) in [5, 5.41) is 14.6. The molecule has 0 heterocycles. The molecule has 4 nitrogen and oxygen atoms in total. The van der Waals surface area contributed by atoms with Gasteiger partial charge in [-0.1, -0.05) is 12.8 Å². The lowest BCUT2D eigenvalue weighted by molar-refractivity contribution is -0.385. The SMILES string of the molecule is Cc1cc(Br)c(NC2CCCC(C3CC3)C2)cc1[N+](=O)[O-]. The van der Waals surface area contributed by atoms with E-state index in [0.717, 1.165) is 28.4 Å². The van der Waals surface area contributed by atoms with Crippen LogP contribution in [-0.4, -0.2) is 11.0 Å². The zero-order valence-corrected chi connectivity index (χ0v) is 13.9. The van der Waals surface area contributed by atoms with Crippen LogP contribution in [0.4, 0.5) is 11.4 Å². The van der Waals surface area contributed by atoms with Crippen molar-refractivity contribution < 1.29 is 4.92 Å². The van der Waals surface area contributed by atoms with Crippen molar-refractivity contribution in [3.63, 3.8) is 0 Å². The van der Waals surface area contributed by atoms with Gasteiger partial charge in [0.2, 0.25) is 0 Å². The second-order valence-electron chi connectivity index (χ2n) is 6.48. The van der Waals surface area contributed by atoms with Crippen molar-refractivity contribution in [3.8, 4) is 0 Å². The van der Waals surface area contributed by atoms with Crippen LogP contribution in [0.1, 0.15) is 44.1 Å². The first kappa shape index (κ1) is 14.8. The number of rotatable bonds is 4. The first-order valence-corrected chi connectivity index (χ1v) is 8.55. The number of hydrogen-bond acceptors (Lipinski definition) is 3. The zero-order chi connectivity index (χ0) is 15.0. The van der Waals surface area contributed by atoms with Crippen molar-refractivity contribution in [2.45, 2.75) is 51.5 Å². The van der Waals surface area contributed by atoms with Gasteiger partial charge in [0.1, 0.15) is 0 Å². The lowest BCUT2D eigenvalue weighted by Gasteiger charge is -2.30. The number of hydrogen-bond donors (Lipinski definition) is 1. The molecular formula is C16H21BrN2O2. The first-order valence-electron chi connectivity index (χ1n) is 7.75. The summed E-state index contributed by atoms with van der Waals surface area (Å²) >= 11 is 3.53. The van der Waals surface area contributed by atoms with Crippen molar-refractivity contribution in [2.24, 2.45) is 11.8 Å². The van der Waals surface area contributed by atoms with Gasteiger partial charge in [-0.15, -0.1) is 0 Å². The molecule has 2 atom stereocenters. The third-order valence-corrected chi connectivity index (χ3v) is 5.50. The van der Waals surface area contributed by atoms with Gasteiger partial charge < -0.3 is 5.32 Å². The average Bonchev–Trinajstić information content (AvgIpc) is 3.26. The molecule has 0 amide bonds. The number of benzene rings is 1. The number of halogens is 1. The summed E-state index contributed by atoms with van der Waals surface area (Å²) in [5.74, 6) is 1.81. The zero-order valence-electron chi connectivity index (χ0n) is 12.3. The van der Waals surface area contributed by atoms with Gasteiger partial charge in [-0.2, -0.15) is 0 Å². The Balaban J connectivity index is 1.74. The van der Waals surface area contributed by atoms with E-state index in [-0.39, 0.29) is 10.6 Å². The van der Waals surface area contributed by atoms with Crippen LogP contribution in [0.2, 0.25) is 0 Å². The Morgan fingerprint density at radius 1 is 1.24 bits per heavy atom. The Labute approximate surface area is 133 Å². The largest absolute Gasteiger partial charge is 0.381 e. The van der Waals surface area contributed by atoms with E-state index in [0.29, 0.717) is 11.6 Å². The molecule has 0 spiro atoms. The van der Waals surface area contributed by atoms with Gasteiger partial charge in [0.25, 0.3) is 5.69 Å². The number of anilines is 1. The Hall–Kier alpha value is -1.10. The molecule has 2 aliphatic rings. The van der Waals surface area contributed by atoms with Crippen molar-refractivity contribution in [3.05, 3.63) is 32.3 Å². The van der Waals surface area contributed by atoms with E-state index >= 15 is 0 Å². The third-order valence-electron chi connectivity index (χ3n) is 4.85. The maximum absolute atomic E-state index is 11.1. The molecule has 2 fully saturated rings. The van der Waals surface area contributed by atoms with Crippen LogP contribution in [0.15, 0.2) is 16.6 Å². The molecule has 0 aliphatic heterocycles. The van der Waals surface area contributed by atoms with E-state index in [1.54, 1.807) is 13.0 Å². The second-order valence-corrected chi connectivity index (χ2v) is 7.34. The van der Waals surface area contributed by atoms with Crippen LogP contribution in [0.5, 0.6) is 0 Å². The summed E-state index contributed by atoms with van der Waals surface area (Å²) in [7, 11) is 0. The molecule has 0 bridgehead atoms. The molecule has 3 rings (SSSR count). The highest BCUT2D eigenvalue weighted by Gasteiger charge is 2.34. The van der Waals surface area contributed by atoms with E-state index in [1.165, 1.54) is 32.1 Å². The predicted molar refractivity (Wildman–Crippen MR) is 87.6 cm³/mol. The fourth-order valence-electron chi connectivity index (χ4n) is 3.54. The lowest BCUT2D eigenvalue weighted by atomic mass is 9.82. The van der Waals surface area contributed by atoms with E-state index in [2.05, 4.69) is 21.2 Å². The van der Waals surface area contributed by atoms with Gasteiger partial charge in [-0.3, -0.25) is 10.1 Å². The van der Waals surface area contributed by atoms with E-state index < -0.39 is 0 Å². The Bertz CT molecular complexity index is 557. The Morgan fingerprint density at radius 2 is 2.00 bits per heavy atom. The van der Waals surface area contributed by atoms with Crippen LogP contribution in [0.3, 0.4) is 0 Å². The molecule has 2 aliphatic carbocycles. The van der Waals surface area contributed by atoms with E-state index in [9.17, 15) is 10.1 Å². The molecule has 0 aromatic heterocycles. The van der Waals surface area contributed by atoms with Gasteiger partial charge in [0, 0.05) is 22.1 Å². The first-order chi connectivity index (χ1) is 10.0. The van der Waals surface area contributed by atoms with Crippen molar-refractivity contribution in [1.82, 2.24) is 0 Å². The molecule has 5 heteroatoms. The molecule has 2 saturated carbocycles. The smallest absolute Gasteiger partial charge is 0.274 e. The maximum atomic E-state index is 11.1. The van der Waals surface area contributed by atoms with E-state index in [1.807, 2.05) is 6.07 Å². The number of nitrogens with one attached hydrogen (secondary N) is 1. The highest BCUT2D eigenvalue weighted by atomic mass is 79.9. The van der Waals surface area contributed by atoms with Crippen molar-refractivity contribution in [1.29, 1.82) is 0 Å². The molecule has 1 aromatic rings. The molecule has 21 heavy (non-hydrogen) atoms. The van der Waals surface area contributed by atoms with Crippen molar-refractivity contribution in [2.75, 3.05) is 5.32 Å². The summed E-state index contributed by atoms with van der Waals surface area (Å²) < 4.78 is 0.916. The Kier molecular flexibility index (Phi) is 4.20. The summed E-state index contributed by atoms with van der Waals surface area (Å²) in [4.78, 5) is 10.8. The van der Waals surface area contributed by atoms with Gasteiger partial charge in [-0.25, -0.2) is 0 Å². The molecular weight excluding hydrogens is 332 g/mol. The van der Waals surface area contributed by atoms with Gasteiger partial charge in [0.05, 0.1) is 10.6 Å². The van der Waals surface area contributed by atoms with Crippen LogP contribution in [0, 0.1) is 28.9 Å². The molecule has 0 radical (unpaired) electrons. The highest BCUT2D eigenvalue weighted by molar-refractivity contribution is 9.10. The number of nitro groups is 1. The average molecular weight is 353 g/mol. The van der Waals surface area contributed by atoms with Gasteiger partial charge >= 0.3 is 0 Å². The number of aryl methyl sites for hydroxylation is 1. The lowest BCUT2D eigenvalue weighted by Crippen LogP contribution is -2.28. The number of nitro benzene ring substituents is 1. The topological polar surface area (TPSA) is 55.2 Å². The summed E-state index contributed by atoms with van der Waals surface area (Å²) in [6.07, 6.45) is 7.80. The standard InChI is InChI=1S/C16H21BrN2O2/c1-10-7-14(17)15(9-16(10)19(20)21)18-13-4-2-3-12(8-13)11-5-6-11/h7,9,11-13,18H,2-6,8H2,1H3.